The van der Waals surface area contributed by atoms with Crippen molar-refractivity contribution in [3.63, 3.8) is 0 Å². The lowest BCUT2D eigenvalue weighted by Crippen LogP contribution is -2.36. The number of carbonyl (C=O) groups is 1. The number of anilines is 2. The first-order chi connectivity index (χ1) is 10.2. The molecule has 0 spiro atoms. The fourth-order valence-electron chi connectivity index (χ4n) is 2.55. The molecule has 3 rings (SSSR count). The number of amides is 1. The molecule has 0 saturated carbocycles. The molecule has 7 heteroatoms. The van der Waals surface area contributed by atoms with Gasteiger partial charge in [-0.05, 0) is 18.2 Å². The molecule has 0 radical (unpaired) electrons. The van der Waals surface area contributed by atoms with Crippen molar-refractivity contribution >= 4 is 17.5 Å². The predicted molar refractivity (Wildman–Crippen MR) is 80.9 cm³/mol. The Kier molecular flexibility index (Phi) is 5.20. The highest BCUT2D eigenvalue weighted by atomic mass is 19.1. The van der Waals surface area contributed by atoms with Crippen LogP contribution in [0.5, 0.6) is 0 Å². The molecule has 2 heterocycles. The van der Waals surface area contributed by atoms with Gasteiger partial charge in [0, 0.05) is 13.1 Å². The third kappa shape index (κ3) is 3.15. The Morgan fingerprint density at radius 1 is 1.32 bits per heavy atom. The molecular weight excluding hydrogens is 291 g/mol. The number of aliphatic hydroxyl groups excluding tert-OH is 1. The van der Waals surface area contributed by atoms with E-state index >= 15 is 0 Å². The minimum Gasteiger partial charge on any atom is -0.441 e. The first-order valence-electron chi connectivity index (χ1n) is 6.90. The third-order valence-corrected chi connectivity index (χ3v) is 3.67. The number of carbonyl (C=O) groups excluding carboxylic acids is 1. The second-order valence-electron chi connectivity index (χ2n) is 5.03. The van der Waals surface area contributed by atoms with Crippen LogP contribution in [0.4, 0.5) is 20.6 Å². The van der Waals surface area contributed by atoms with Gasteiger partial charge in [-0.3, -0.25) is 4.90 Å². The summed E-state index contributed by atoms with van der Waals surface area (Å²) in [6, 6.07) is 4.68. The normalized spacial score (nSPS) is 21.5. The summed E-state index contributed by atoms with van der Waals surface area (Å²) >= 11 is 0. The SMILES string of the molecule is C.O=C1OC(CO)CN1c1ccc(N2CCOCC2)c(F)c1. The molecule has 1 N–H and O–H groups in total. The van der Waals surface area contributed by atoms with Gasteiger partial charge in [0.25, 0.3) is 0 Å². The molecule has 0 aliphatic carbocycles. The minimum atomic E-state index is -0.562. The maximum atomic E-state index is 14.3. The van der Waals surface area contributed by atoms with Crippen molar-refractivity contribution in [3.05, 3.63) is 24.0 Å². The number of hydrogen-bond acceptors (Lipinski definition) is 5. The van der Waals surface area contributed by atoms with Crippen LogP contribution in [0.2, 0.25) is 0 Å². The fraction of sp³-hybridized carbons (Fsp3) is 0.533. The van der Waals surface area contributed by atoms with Crippen LogP contribution in [0.25, 0.3) is 0 Å². The molecule has 1 amide bonds. The predicted octanol–water partition coefficient (Wildman–Crippen LogP) is 1.62. The Morgan fingerprint density at radius 2 is 2.05 bits per heavy atom. The monoisotopic (exact) mass is 312 g/mol. The van der Waals surface area contributed by atoms with Crippen molar-refractivity contribution in [2.45, 2.75) is 13.5 Å². The molecule has 1 aromatic rings. The summed E-state index contributed by atoms with van der Waals surface area (Å²) < 4.78 is 24.5. The van der Waals surface area contributed by atoms with Gasteiger partial charge in [0.15, 0.2) is 0 Å². The van der Waals surface area contributed by atoms with E-state index in [2.05, 4.69) is 0 Å². The van der Waals surface area contributed by atoms with Gasteiger partial charge >= 0.3 is 6.09 Å². The van der Waals surface area contributed by atoms with Crippen LogP contribution in [0.15, 0.2) is 18.2 Å². The summed E-state index contributed by atoms with van der Waals surface area (Å²) in [6.45, 7) is 2.45. The zero-order valence-electron chi connectivity index (χ0n) is 11.5. The van der Waals surface area contributed by atoms with E-state index in [9.17, 15) is 9.18 Å². The first-order valence-corrected chi connectivity index (χ1v) is 6.90. The number of rotatable bonds is 3. The Morgan fingerprint density at radius 3 is 2.64 bits per heavy atom. The Hall–Kier alpha value is -1.86. The number of cyclic esters (lactones) is 1. The van der Waals surface area contributed by atoms with Gasteiger partial charge in [-0.15, -0.1) is 0 Å². The topological polar surface area (TPSA) is 62.2 Å². The summed E-state index contributed by atoms with van der Waals surface area (Å²) in [7, 11) is 0. The third-order valence-electron chi connectivity index (χ3n) is 3.67. The van der Waals surface area contributed by atoms with Crippen molar-refractivity contribution in [3.8, 4) is 0 Å². The smallest absolute Gasteiger partial charge is 0.414 e. The van der Waals surface area contributed by atoms with Crippen molar-refractivity contribution in [2.75, 3.05) is 49.3 Å². The summed E-state index contributed by atoms with van der Waals surface area (Å²) in [4.78, 5) is 14.9. The lowest BCUT2D eigenvalue weighted by molar-refractivity contribution is 0.0963. The van der Waals surface area contributed by atoms with E-state index in [1.165, 1.54) is 11.0 Å². The highest BCUT2D eigenvalue weighted by Gasteiger charge is 2.32. The summed E-state index contributed by atoms with van der Waals surface area (Å²) in [6.07, 6.45) is -1.12. The molecule has 2 aliphatic rings. The first kappa shape index (κ1) is 16.5. The van der Waals surface area contributed by atoms with Crippen molar-refractivity contribution in [2.24, 2.45) is 0 Å². The molecule has 0 aromatic heterocycles. The fourth-order valence-corrected chi connectivity index (χ4v) is 2.55. The zero-order chi connectivity index (χ0) is 14.8. The number of halogens is 1. The molecule has 122 valence electrons. The Bertz CT molecular complexity index is 534. The van der Waals surface area contributed by atoms with Gasteiger partial charge in [0.2, 0.25) is 0 Å². The van der Waals surface area contributed by atoms with Crippen LogP contribution in [-0.4, -0.2) is 56.8 Å². The van der Waals surface area contributed by atoms with Crippen LogP contribution in [0, 0.1) is 5.82 Å². The summed E-state index contributed by atoms with van der Waals surface area (Å²) in [5.41, 5.74) is 0.943. The molecule has 1 atom stereocenters. The van der Waals surface area contributed by atoms with Gasteiger partial charge in [-0.25, -0.2) is 9.18 Å². The second-order valence-corrected chi connectivity index (χ2v) is 5.03. The van der Waals surface area contributed by atoms with Gasteiger partial charge in [0.1, 0.15) is 11.9 Å². The molecular formula is C15H21FN2O4. The number of hydrogen-bond donors (Lipinski definition) is 1. The minimum absolute atomic E-state index is 0. The largest absolute Gasteiger partial charge is 0.441 e. The molecule has 2 fully saturated rings. The molecule has 22 heavy (non-hydrogen) atoms. The van der Waals surface area contributed by atoms with Crippen LogP contribution in [0.1, 0.15) is 7.43 Å². The average Bonchev–Trinajstić information content (AvgIpc) is 2.89. The second kappa shape index (κ2) is 6.93. The molecule has 2 aliphatic heterocycles. The number of morpholine rings is 1. The highest BCUT2D eigenvalue weighted by Crippen LogP contribution is 2.28. The number of ether oxygens (including phenoxy) is 2. The quantitative estimate of drug-likeness (QED) is 0.919. The maximum Gasteiger partial charge on any atom is 0.414 e. The number of aliphatic hydroxyl groups is 1. The number of nitrogens with zero attached hydrogens (tertiary/aromatic N) is 2. The van der Waals surface area contributed by atoms with Gasteiger partial charge in [-0.1, -0.05) is 7.43 Å². The van der Waals surface area contributed by atoms with Crippen LogP contribution < -0.4 is 9.80 Å². The van der Waals surface area contributed by atoms with E-state index in [1.807, 2.05) is 4.90 Å². The van der Waals surface area contributed by atoms with Gasteiger partial charge < -0.3 is 19.5 Å². The van der Waals surface area contributed by atoms with Crippen molar-refractivity contribution in [1.82, 2.24) is 0 Å². The molecule has 0 bridgehead atoms. The van der Waals surface area contributed by atoms with Gasteiger partial charge in [-0.2, -0.15) is 0 Å². The van der Waals surface area contributed by atoms with E-state index in [1.54, 1.807) is 12.1 Å². The van der Waals surface area contributed by atoms with E-state index in [-0.39, 0.29) is 26.4 Å². The molecule has 6 nitrogen and oxygen atoms in total. The number of benzene rings is 1. The summed E-state index contributed by atoms with van der Waals surface area (Å²) in [5, 5.41) is 9.02. The highest BCUT2D eigenvalue weighted by molar-refractivity contribution is 5.90. The van der Waals surface area contributed by atoms with Crippen molar-refractivity contribution < 1.29 is 23.8 Å². The van der Waals surface area contributed by atoms with E-state index in [0.717, 1.165) is 0 Å². The van der Waals surface area contributed by atoms with E-state index in [0.29, 0.717) is 37.7 Å². The van der Waals surface area contributed by atoms with Crippen molar-refractivity contribution in [1.29, 1.82) is 0 Å². The zero-order valence-corrected chi connectivity index (χ0v) is 11.5. The van der Waals surface area contributed by atoms with Crippen LogP contribution in [0.3, 0.4) is 0 Å². The van der Waals surface area contributed by atoms with Crippen LogP contribution >= 0.6 is 0 Å². The van der Waals surface area contributed by atoms with E-state index < -0.39 is 12.2 Å². The lowest BCUT2D eigenvalue weighted by Gasteiger charge is -2.29. The van der Waals surface area contributed by atoms with Crippen LogP contribution in [-0.2, 0) is 9.47 Å². The summed E-state index contributed by atoms with van der Waals surface area (Å²) in [5.74, 6) is -0.380. The molecule has 1 aromatic carbocycles. The van der Waals surface area contributed by atoms with E-state index in [4.69, 9.17) is 14.6 Å². The Labute approximate surface area is 129 Å². The maximum absolute atomic E-state index is 14.3. The Balaban J connectivity index is 0.00000176. The average molecular weight is 312 g/mol. The van der Waals surface area contributed by atoms with Gasteiger partial charge in [0.05, 0.1) is 37.7 Å². The standard InChI is InChI=1S/C14H17FN2O4.CH4/c15-12-7-10(17-8-11(9-18)21-14(17)19)1-2-13(12)16-3-5-20-6-4-16;/h1-2,7,11,18H,3-6,8-9H2;1H4. The lowest BCUT2D eigenvalue weighted by atomic mass is 10.2. The molecule has 1 unspecified atom stereocenters. The molecule has 2 saturated heterocycles.